The summed E-state index contributed by atoms with van der Waals surface area (Å²) in [7, 11) is 2.18. The Kier molecular flexibility index (Phi) is 4.04. The van der Waals surface area contributed by atoms with Crippen LogP contribution in [0.5, 0.6) is 0 Å². The minimum atomic E-state index is 0.446. The fraction of sp³-hybridized carbons (Fsp3) is 0.556. The van der Waals surface area contributed by atoms with Gasteiger partial charge in [0.2, 0.25) is 0 Å². The highest BCUT2D eigenvalue weighted by Gasteiger charge is 2.28. The molecule has 1 aliphatic carbocycles. The summed E-state index contributed by atoms with van der Waals surface area (Å²) in [6.07, 6.45) is 7.47. The van der Waals surface area contributed by atoms with E-state index in [9.17, 15) is 0 Å². The molecule has 0 N–H and O–H groups in total. The summed E-state index contributed by atoms with van der Waals surface area (Å²) in [5.41, 5.74) is 3.55. The van der Waals surface area contributed by atoms with Gasteiger partial charge in [-0.1, -0.05) is 0 Å². The van der Waals surface area contributed by atoms with Crippen molar-refractivity contribution in [2.45, 2.75) is 45.1 Å². The molecule has 6 heteroatoms. The highest BCUT2D eigenvalue weighted by molar-refractivity contribution is 5.51. The Morgan fingerprint density at radius 3 is 2.88 bits per heavy atom. The lowest BCUT2D eigenvalue weighted by molar-refractivity contribution is 0.481. The van der Waals surface area contributed by atoms with Gasteiger partial charge < -0.3 is 9.80 Å². The molecule has 0 spiro atoms. The SMILES string of the molecule is Cc1ccc(N2CCC[C@H](N(C)c3ncnc4c3CCC4)C2)nn1. The van der Waals surface area contributed by atoms with E-state index in [1.54, 1.807) is 6.33 Å². The average Bonchev–Trinajstić information content (AvgIpc) is 3.10. The normalized spacial score (nSPS) is 20.1. The van der Waals surface area contributed by atoms with Gasteiger partial charge in [-0.05, 0) is 51.2 Å². The molecule has 0 bridgehead atoms. The van der Waals surface area contributed by atoms with Gasteiger partial charge in [-0.3, -0.25) is 0 Å². The molecule has 2 aromatic heterocycles. The van der Waals surface area contributed by atoms with Gasteiger partial charge in [0, 0.05) is 37.4 Å². The first kappa shape index (κ1) is 15.3. The molecule has 0 amide bonds. The fourth-order valence-electron chi connectivity index (χ4n) is 3.86. The van der Waals surface area contributed by atoms with E-state index in [0.717, 1.165) is 49.7 Å². The molecule has 1 saturated heterocycles. The molecule has 1 atom stereocenters. The van der Waals surface area contributed by atoms with Crippen LogP contribution in [0.4, 0.5) is 11.6 Å². The average molecular weight is 324 g/mol. The molecule has 4 rings (SSSR count). The second kappa shape index (κ2) is 6.34. The molecule has 0 unspecified atom stereocenters. The van der Waals surface area contributed by atoms with E-state index >= 15 is 0 Å². The maximum absolute atomic E-state index is 4.60. The molecule has 126 valence electrons. The van der Waals surface area contributed by atoms with Crippen LogP contribution in [0.25, 0.3) is 0 Å². The van der Waals surface area contributed by atoms with Crippen molar-refractivity contribution in [1.29, 1.82) is 0 Å². The molecule has 0 aromatic carbocycles. The summed E-state index contributed by atoms with van der Waals surface area (Å²) in [6, 6.07) is 4.56. The topological polar surface area (TPSA) is 58.0 Å². The standard InChI is InChI=1S/C18H24N6/c1-13-8-9-17(22-21-13)24-10-4-5-14(11-24)23(2)18-15-6-3-7-16(15)19-12-20-18/h8-9,12,14H,3-7,10-11H2,1-2H3/t14-/m0/s1. The molecule has 2 aliphatic rings. The number of anilines is 2. The van der Waals surface area contributed by atoms with Gasteiger partial charge in [-0.15, -0.1) is 5.10 Å². The highest BCUT2D eigenvalue weighted by Crippen LogP contribution is 2.30. The van der Waals surface area contributed by atoms with E-state index in [-0.39, 0.29) is 0 Å². The van der Waals surface area contributed by atoms with Crippen LogP contribution in [-0.2, 0) is 12.8 Å². The summed E-state index contributed by atoms with van der Waals surface area (Å²) in [4.78, 5) is 13.8. The van der Waals surface area contributed by atoms with Gasteiger partial charge >= 0.3 is 0 Å². The molecular weight excluding hydrogens is 300 g/mol. The monoisotopic (exact) mass is 324 g/mol. The van der Waals surface area contributed by atoms with Crippen molar-refractivity contribution in [3.8, 4) is 0 Å². The van der Waals surface area contributed by atoms with Gasteiger partial charge in [0.25, 0.3) is 0 Å². The molecule has 1 aliphatic heterocycles. The van der Waals surface area contributed by atoms with Crippen molar-refractivity contribution in [3.63, 3.8) is 0 Å². The molecule has 2 aromatic rings. The largest absolute Gasteiger partial charge is 0.355 e. The predicted octanol–water partition coefficient (Wildman–Crippen LogP) is 2.17. The smallest absolute Gasteiger partial charge is 0.151 e. The quantitative estimate of drug-likeness (QED) is 0.862. The number of aryl methyl sites for hydroxylation is 2. The minimum absolute atomic E-state index is 0.446. The predicted molar refractivity (Wildman–Crippen MR) is 94.5 cm³/mol. The van der Waals surface area contributed by atoms with Crippen LogP contribution in [0, 0.1) is 6.92 Å². The first-order chi connectivity index (χ1) is 11.7. The fourth-order valence-corrected chi connectivity index (χ4v) is 3.86. The van der Waals surface area contributed by atoms with Crippen LogP contribution >= 0.6 is 0 Å². The summed E-state index contributed by atoms with van der Waals surface area (Å²) in [6.45, 7) is 3.98. The third-order valence-electron chi connectivity index (χ3n) is 5.24. The Bertz CT molecular complexity index is 714. The lowest BCUT2D eigenvalue weighted by atomic mass is 10.0. The first-order valence-corrected chi connectivity index (χ1v) is 8.83. The number of nitrogens with zero attached hydrogens (tertiary/aromatic N) is 6. The van der Waals surface area contributed by atoms with Crippen molar-refractivity contribution < 1.29 is 0 Å². The molecule has 3 heterocycles. The van der Waals surface area contributed by atoms with Crippen molar-refractivity contribution in [1.82, 2.24) is 20.2 Å². The summed E-state index contributed by atoms with van der Waals surface area (Å²) >= 11 is 0. The first-order valence-electron chi connectivity index (χ1n) is 8.83. The summed E-state index contributed by atoms with van der Waals surface area (Å²) < 4.78 is 0. The van der Waals surface area contributed by atoms with Gasteiger partial charge in [0.05, 0.1) is 5.69 Å². The molecule has 6 nitrogen and oxygen atoms in total. The zero-order chi connectivity index (χ0) is 16.5. The van der Waals surface area contributed by atoms with Crippen LogP contribution in [0.3, 0.4) is 0 Å². The second-order valence-corrected chi connectivity index (χ2v) is 6.86. The zero-order valence-corrected chi connectivity index (χ0v) is 14.4. The molecule has 0 radical (unpaired) electrons. The van der Waals surface area contributed by atoms with Gasteiger partial charge in [-0.25, -0.2) is 9.97 Å². The van der Waals surface area contributed by atoms with Crippen LogP contribution in [0.15, 0.2) is 18.5 Å². The second-order valence-electron chi connectivity index (χ2n) is 6.86. The Morgan fingerprint density at radius 2 is 2.04 bits per heavy atom. The molecular formula is C18H24N6. The van der Waals surface area contributed by atoms with Crippen LogP contribution in [0.2, 0.25) is 0 Å². The van der Waals surface area contributed by atoms with Gasteiger partial charge in [-0.2, -0.15) is 5.10 Å². The number of hydrogen-bond donors (Lipinski definition) is 0. The van der Waals surface area contributed by atoms with Crippen molar-refractivity contribution in [2.75, 3.05) is 29.9 Å². The van der Waals surface area contributed by atoms with Crippen LogP contribution < -0.4 is 9.80 Å². The number of hydrogen-bond acceptors (Lipinski definition) is 6. The minimum Gasteiger partial charge on any atom is -0.355 e. The Morgan fingerprint density at radius 1 is 1.12 bits per heavy atom. The number of likely N-dealkylation sites (N-methyl/N-ethyl adjacent to an activating group) is 1. The van der Waals surface area contributed by atoms with Crippen molar-refractivity contribution >= 4 is 11.6 Å². The lowest BCUT2D eigenvalue weighted by Gasteiger charge is -2.39. The molecule has 1 fully saturated rings. The van der Waals surface area contributed by atoms with Crippen LogP contribution in [-0.4, -0.2) is 46.3 Å². The lowest BCUT2D eigenvalue weighted by Crippen LogP contribution is -2.47. The van der Waals surface area contributed by atoms with E-state index in [4.69, 9.17) is 0 Å². The van der Waals surface area contributed by atoms with E-state index in [1.165, 1.54) is 24.1 Å². The van der Waals surface area contributed by atoms with E-state index in [2.05, 4.69) is 43.1 Å². The third-order valence-corrected chi connectivity index (χ3v) is 5.24. The third kappa shape index (κ3) is 2.81. The molecule has 24 heavy (non-hydrogen) atoms. The maximum atomic E-state index is 4.60. The Balaban J connectivity index is 1.54. The van der Waals surface area contributed by atoms with Crippen molar-refractivity contribution in [2.24, 2.45) is 0 Å². The Labute approximate surface area is 142 Å². The number of fused-ring (bicyclic) bond motifs is 1. The van der Waals surface area contributed by atoms with Crippen molar-refractivity contribution in [3.05, 3.63) is 35.4 Å². The number of aromatic nitrogens is 4. The number of piperidine rings is 1. The van der Waals surface area contributed by atoms with Gasteiger partial charge in [0.15, 0.2) is 5.82 Å². The Hall–Kier alpha value is -2.24. The van der Waals surface area contributed by atoms with Gasteiger partial charge in [0.1, 0.15) is 12.1 Å². The molecule has 0 saturated carbocycles. The van der Waals surface area contributed by atoms with E-state index in [1.807, 2.05) is 13.0 Å². The highest BCUT2D eigenvalue weighted by atomic mass is 15.3. The van der Waals surface area contributed by atoms with E-state index in [0.29, 0.717) is 6.04 Å². The van der Waals surface area contributed by atoms with E-state index < -0.39 is 0 Å². The summed E-state index contributed by atoms with van der Waals surface area (Å²) in [5.74, 6) is 2.10. The van der Waals surface area contributed by atoms with Crippen LogP contribution in [0.1, 0.15) is 36.2 Å². The zero-order valence-electron chi connectivity index (χ0n) is 14.4. The summed E-state index contributed by atoms with van der Waals surface area (Å²) in [5, 5.41) is 8.56. The maximum Gasteiger partial charge on any atom is 0.151 e. The number of rotatable bonds is 3.